The number of ether oxygens (including phenoxy) is 8. The van der Waals surface area contributed by atoms with E-state index in [1.165, 1.54) is 27.7 Å². The molecular weight excluding hydrogens is 1140 g/mol. The summed E-state index contributed by atoms with van der Waals surface area (Å²) in [5.74, 6) is -2.47. The summed E-state index contributed by atoms with van der Waals surface area (Å²) in [4.78, 5) is 73.2. The summed E-state index contributed by atoms with van der Waals surface area (Å²) in [6.07, 6.45) is -2.12. The largest absolute Gasteiger partial charge is 0.396 e. The highest BCUT2D eigenvalue weighted by molar-refractivity contribution is 5.77. The van der Waals surface area contributed by atoms with Crippen LogP contribution in [0.25, 0.3) is 0 Å². The molecule has 0 radical (unpaired) electrons. The smallest absolute Gasteiger partial charge is 0.222 e. The second kappa shape index (κ2) is 45.4. The molecule has 1 aliphatic heterocycles. The number of aliphatic hydroxyl groups is 9. The SMILES string of the molecule is CC(=O)NC1C(OCCCCCCNC(=O)CCOCC(C)(COCCC(=O)NCCCCCCOC(OC(CO)[C@@H](C)O)[C@H](CO)NC(C)=O)OCCC(=O)NCCCCCCOC2OC(CO)C(O)C(O)C2NC(C)=O)CC(CO)C(O)C1O. The molecule has 6 amide bonds. The second-order valence-electron chi connectivity index (χ2n) is 22.4. The van der Waals surface area contributed by atoms with Gasteiger partial charge in [0.05, 0.1) is 77.2 Å². The summed E-state index contributed by atoms with van der Waals surface area (Å²) in [5.41, 5.74) is -1.05. The monoisotopic (exact) mass is 1240 g/mol. The Balaban J connectivity index is 1.78. The van der Waals surface area contributed by atoms with Gasteiger partial charge in [-0.25, -0.2) is 0 Å². The van der Waals surface area contributed by atoms with Crippen molar-refractivity contribution in [1.29, 1.82) is 0 Å². The van der Waals surface area contributed by atoms with Crippen LogP contribution in [-0.4, -0.2) is 265 Å². The Kier molecular flexibility index (Phi) is 41.3. The molecule has 2 rings (SSSR count). The van der Waals surface area contributed by atoms with Crippen LogP contribution in [0.15, 0.2) is 0 Å². The molecule has 0 spiro atoms. The Morgan fingerprint density at radius 3 is 1.53 bits per heavy atom. The number of rotatable bonds is 49. The van der Waals surface area contributed by atoms with Gasteiger partial charge in [-0.05, 0) is 58.8 Å². The van der Waals surface area contributed by atoms with Crippen LogP contribution < -0.4 is 31.9 Å². The highest BCUT2D eigenvalue weighted by Crippen LogP contribution is 2.28. The van der Waals surface area contributed by atoms with Crippen LogP contribution in [0.4, 0.5) is 0 Å². The van der Waals surface area contributed by atoms with Crippen molar-refractivity contribution in [2.45, 2.75) is 222 Å². The number of nitrogens with one attached hydrogen (secondary N) is 6. The summed E-state index contributed by atoms with van der Waals surface area (Å²) in [7, 11) is 0. The van der Waals surface area contributed by atoms with Crippen molar-refractivity contribution >= 4 is 35.4 Å². The standard InChI is InChI=1S/C57H106N6O23/c1-37(68)44(33-66)85-55(42(32-65)61-38(2)69)82-25-16-10-7-13-22-59-47(73)19-28-80-36-57(5,84-29-20-48(74)60-23-14-8-11-17-26-83-56-50(63-40(4)71)54(78)52(76)45(34-67)86-56)35-79-27-18-46(72)58-21-12-6-9-15-24-81-43-30-41(31-64)51(75)53(77)49(43)62-39(3)70/h37,41-45,49-56,64-68,75-78H,6-36H2,1-5H3,(H,58,72)(H,59,73)(H,60,74)(H,61,69)(H,62,70)(H,63,71)/t37-,41?,42+,43?,44?,45?,49?,50?,51?,52?,53?,54?,55?,56?,57?/m1/s1. The Morgan fingerprint density at radius 1 is 0.570 bits per heavy atom. The van der Waals surface area contributed by atoms with Crippen molar-refractivity contribution < 1.29 is 113 Å². The number of hydrogen-bond acceptors (Lipinski definition) is 23. The summed E-state index contributed by atoms with van der Waals surface area (Å²) in [6.45, 7) is 7.44. The highest BCUT2D eigenvalue weighted by Gasteiger charge is 2.46. The van der Waals surface area contributed by atoms with Crippen LogP contribution in [0.3, 0.4) is 0 Å². The van der Waals surface area contributed by atoms with Crippen molar-refractivity contribution in [2.24, 2.45) is 5.92 Å². The molecule has 29 nitrogen and oxygen atoms in total. The van der Waals surface area contributed by atoms with Crippen LogP contribution in [0, 0.1) is 5.92 Å². The minimum absolute atomic E-state index is 0.0104. The third-order valence-electron chi connectivity index (χ3n) is 14.5. The third kappa shape index (κ3) is 32.6. The summed E-state index contributed by atoms with van der Waals surface area (Å²) < 4.78 is 46.7. The minimum atomic E-state index is -1.41. The van der Waals surface area contributed by atoms with Crippen molar-refractivity contribution in [3.05, 3.63) is 0 Å². The number of amides is 6. The molecule has 0 aromatic rings. The van der Waals surface area contributed by atoms with E-state index >= 15 is 0 Å². The lowest BCUT2D eigenvalue weighted by molar-refractivity contribution is -0.270. The molecule has 0 aromatic heterocycles. The van der Waals surface area contributed by atoms with Crippen LogP contribution in [0.2, 0.25) is 0 Å². The predicted octanol–water partition coefficient (Wildman–Crippen LogP) is -2.82. The normalized spacial score (nSPS) is 24.3. The van der Waals surface area contributed by atoms with Gasteiger partial charge < -0.3 is 116 Å². The van der Waals surface area contributed by atoms with E-state index in [-0.39, 0.29) is 102 Å². The first-order valence-electron chi connectivity index (χ1n) is 30.5. The van der Waals surface area contributed by atoms with E-state index in [1.807, 2.05) is 0 Å². The molecule has 2 aliphatic rings. The first-order valence-corrected chi connectivity index (χ1v) is 30.5. The Bertz CT molecular complexity index is 1880. The lowest BCUT2D eigenvalue weighted by Gasteiger charge is -2.42. The molecule has 1 aliphatic carbocycles. The molecule has 86 heavy (non-hydrogen) atoms. The van der Waals surface area contributed by atoms with Gasteiger partial charge in [-0.3, -0.25) is 28.8 Å². The summed E-state index contributed by atoms with van der Waals surface area (Å²) in [6, 6.07) is -2.74. The first kappa shape index (κ1) is 78.2. The second-order valence-corrected chi connectivity index (χ2v) is 22.4. The van der Waals surface area contributed by atoms with E-state index in [2.05, 4.69) is 31.9 Å². The van der Waals surface area contributed by atoms with E-state index in [4.69, 9.17) is 37.9 Å². The van der Waals surface area contributed by atoms with E-state index < -0.39 is 123 Å². The maximum absolute atomic E-state index is 12.8. The summed E-state index contributed by atoms with van der Waals surface area (Å²) in [5, 5.41) is 106. The van der Waals surface area contributed by atoms with Crippen LogP contribution in [0.1, 0.15) is 137 Å². The molecule has 15 N–H and O–H groups in total. The van der Waals surface area contributed by atoms with E-state index in [0.29, 0.717) is 64.8 Å². The molecule has 13 unspecified atom stereocenters. The number of carbonyl (C=O) groups excluding carboxylic acids is 6. The zero-order valence-electron chi connectivity index (χ0n) is 51.2. The number of unbranched alkanes of at least 4 members (excludes halogenated alkanes) is 9. The maximum atomic E-state index is 12.8. The fourth-order valence-electron chi connectivity index (χ4n) is 9.61. The maximum Gasteiger partial charge on any atom is 0.222 e. The summed E-state index contributed by atoms with van der Waals surface area (Å²) >= 11 is 0. The molecule has 1 saturated heterocycles. The van der Waals surface area contributed by atoms with Gasteiger partial charge >= 0.3 is 0 Å². The van der Waals surface area contributed by atoms with Gasteiger partial charge in [0.2, 0.25) is 35.4 Å². The highest BCUT2D eigenvalue weighted by atomic mass is 16.7. The number of hydrogen-bond donors (Lipinski definition) is 15. The van der Waals surface area contributed by atoms with E-state index in [1.54, 1.807) is 6.92 Å². The molecule has 1 heterocycles. The fraction of sp³-hybridized carbons (Fsp3) is 0.895. The minimum Gasteiger partial charge on any atom is -0.396 e. The van der Waals surface area contributed by atoms with Crippen molar-refractivity contribution in [3.63, 3.8) is 0 Å². The third-order valence-corrected chi connectivity index (χ3v) is 14.5. The number of aliphatic hydroxyl groups excluding tert-OH is 9. The Hall–Kier alpha value is -3.86. The van der Waals surface area contributed by atoms with Crippen LogP contribution in [0.5, 0.6) is 0 Å². The lowest BCUT2D eigenvalue weighted by atomic mass is 9.79. The lowest BCUT2D eigenvalue weighted by Crippen LogP contribution is -2.64. The van der Waals surface area contributed by atoms with Gasteiger partial charge in [0.15, 0.2) is 12.6 Å². The predicted molar refractivity (Wildman–Crippen MR) is 308 cm³/mol. The average molecular weight is 1240 g/mol. The molecular formula is C57H106N6O23. The Morgan fingerprint density at radius 2 is 1.06 bits per heavy atom. The van der Waals surface area contributed by atoms with Gasteiger partial charge in [-0.15, -0.1) is 0 Å². The topological polar surface area (TPSA) is 431 Å². The average Bonchev–Trinajstić information content (AvgIpc) is 2.04. The zero-order valence-corrected chi connectivity index (χ0v) is 51.2. The van der Waals surface area contributed by atoms with Crippen molar-refractivity contribution in [1.82, 2.24) is 31.9 Å². The Labute approximate surface area is 505 Å². The molecule has 29 heteroatoms. The first-order chi connectivity index (χ1) is 41.1. The van der Waals surface area contributed by atoms with Gasteiger partial charge in [-0.2, -0.15) is 0 Å². The fourth-order valence-corrected chi connectivity index (χ4v) is 9.61. The molecule has 15 atom stereocenters. The molecule has 502 valence electrons. The van der Waals surface area contributed by atoms with Crippen molar-refractivity contribution in [2.75, 3.05) is 98.9 Å². The zero-order chi connectivity index (χ0) is 63.9. The van der Waals surface area contributed by atoms with Crippen LogP contribution >= 0.6 is 0 Å². The molecule has 0 aromatic carbocycles. The molecule has 2 fully saturated rings. The van der Waals surface area contributed by atoms with Crippen molar-refractivity contribution in [3.8, 4) is 0 Å². The van der Waals surface area contributed by atoms with E-state index in [9.17, 15) is 74.7 Å². The van der Waals surface area contributed by atoms with Gasteiger partial charge in [0.1, 0.15) is 48.2 Å². The quantitative estimate of drug-likeness (QED) is 0.0216. The van der Waals surface area contributed by atoms with Crippen LogP contribution in [-0.2, 0) is 66.7 Å². The molecule has 1 saturated carbocycles. The van der Waals surface area contributed by atoms with Gasteiger partial charge in [0, 0.05) is 92.0 Å². The number of carbonyl (C=O) groups is 6. The molecule has 0 bridgehead atoms. The van der Waals surface area contributed by atoms with Gasteiger partial charge in [-0.1, -0.05) is 38.5 Å². The van der Waals surface area contributed by atoms with Gasteiger partial charge in [0.25, 0.3) is 0 Å². The van der Waals surface area contributed by atoms with E-state index in [0.717, 1.165) is 38.5 Å².